The van der Waals surface area contributed by atoms with Crippen molar-refractivity contribution >= 4 is 5.91 Å². The molecule has 0 N–H and O–H groups in total. The van der Waals surface area contributed by atoms with Gasteiger partial charge in [-0.2, -0.15) is 0 Å². The van der Waals surface area contributed by atoms with Crippen molar-refractivity contribution in [3.63, 3.8) is 0 Å². The smallest absolute Gasteiger partial charge is 0.260 e. The number of carbonyl (C=O) groups is 1. The number of carbonyl (C=O) groups excluding carboxylic acids is 1. The minimum Gasteiger partial charge on any atom is -0.484 e. The molecule has 0 aliphatic carbocycles. The summed E-state index contributed by atoms with van der Waals surface area (Å²) in [5, 5.41) is 0. The summed E-state index contributed by atoms with van der Waals surface area (Å²) in [7, 11) is 0. The molecule has 0 saturated carbocycles. The van der Waals surface area contributed by atoms with E-state index in [0.29, 0.717) is 18.8 Å². The lowest BCUT2D eigenvalue weighted by Gasteiger charge is -2.20. The molecule has 3 heterocycles. The van der Waals surface area contributed by atoms with Crippen LogP contribution in [0.3, 0.4) is 0 Å². The Balaban J connectivity index is 1.42. The highest BCUT2D eigenvalue weighted by Crippen LogP contribution is 2.29. The minimum absolute atomic E-state index is 0.0588. The van der Waals surface area contributed by atoms with Gasteiger partial charge in [-0.25, -0.2) is 9.37 Å². The normalized spacial score (nSPS) is 16.4. The van der Waals surface area contributed by atoms with Crippen molar-refractivity contribution in [1.29, 1.82) is 0 Å². The number of likely N-dealkylation sites (tertiary alicyclic amines) is 1. The third-order valence-corrected chi connectivity index (χ3v) is 4.96. The number of hydrogen-bond donors (Lipinski definition) is 0. The molecule has 0 bridgehead atoms. The highest BCUT2D eigenvalue weighted by molar-refractivity contribution is 5.78. The van der Waals surface area contributed by atoms with E-state index in [-0.39, 0.29) is 24.4 Å². The van der Waals surface area contributed by atoms with Crippen molar-refractivity contribution in [1.82, 2.24) is 19.4 Å². The number of halogens is 1. The Morgan fingerprint density at radius 3 is 2.82 bits per heavy atom. The number of amides is 1. The van der Waals surface area contributed by atoms with Gasteiger partial charge in [0.25, 0.3) is 5.91 Å². The van der Waals surface area contributed by atoms with Gasteiger partial charge in [-0.3, -0.25) is 9.78 Å². The fourth-order valence-corrected chi connectivity index (χ4v) is 3.56. The second kappa shape index (κ2) is 7.80. The average Bonchev–Trinajstić information content (AvgIpc) is 3.34. The standard InChI is InChI=1S/C21H21FN4O2/c1-15-11-24-21(16-3-2-9-23-12-16)26(15)18-8-10-25(13-18)20(27)14-28-19-6-4-17(22)5-7-19/h2-7,9,11-12,18H,8,10,13-14H2,1H3. The number of benzene rings is 1. The molecule has 4 rings (SSSR count). The third-order valence-electron chi connectivity index (χ3n) is 4.96. The van der Waals surface area contributed by atoms with E-state index >= 15 is 0 Å². The Morgan fingerprint density at radius 2 is 2.07 bits per heavy atom. The van der Waals surface area contributed by atoms with E-state index in [9.17, 15) is 9.18 Å². The highest BCUT2D eigenvalue weighted by atomic mass is 19.1. The first-order valence-corrected chi connectivity index (χ1v) is 9.22. The molecule has 1 aromatic carbocycles. The lowest BCUT2D eigenvalue weighted by atomic mass is 10.2. The van der Waals surface area contributed by atoms with Gasteiger partial charge in [0, 0.05) is 42.9 Å². The Morgan fingerprint density at radius 1 is 1.25 bits per heavy atom. The number of aryl methyl sites for hydroxylation is 1. The topological polar surface area (TPSA) is 60.2 Å². The molecule has 1 saturated heterocycles. The van der Waals surface area contributed by atoms with Crippen LogP contribution < -0.4 is 4.74 Å². The van der Waals surface area contributed by atoms with Crippen molar-refractivity contribution in [2.45, 2.75) is 19.4 Å². The summed E-state index contributed by atoms with van der Waals surface area (Å²) in [4.78, 5) is 23.1. The number of ether oxygens (including phenoxy) is 1. The quantitative estimate of drug-likeness (QED) is 0.682. The van der Waals surface area contributed by atoms with Crippen LogP contribution in [-0.2, 0) is 4.79 Å². The molecule has 1 fully saturated rings. The van der Waals surface area contributed by atoms with E-state index in [1.165, 1.54) is 24.3 Å². The van der Waals surface area contributed by atoms with Crippen LogP contribution in [0, 0.1) is 12.7 Å². The predicted molar refractivity (Wildman–Crippen MR) is 102 cm³/mol. The van der Waals surface area contributed by atoms with E-state index < -0.39 is 0 Å². The number of nitrogens with zero attached hydrogens (tertiary/aromatic N) is 4. The Bertz CT molecular complexity index is 956. The lowest BCUT2D eigenvalue weighted by molar-refractivity contribution is -0.132. The van der Waals surface area contributed by atoms with Crippen LogP contribution in [0.4, 0.5) is 4.39 Å². The average molecular weight is 380 g/mol. The SMILES string of the molecule is Cc1cnc(-c2cccnc2)n1C1CCN(C(=O)COc2ccc(F)cc2)C1. The van der Waals surface area contributed by atoms with Gasteiger partial charge < -0.3 is 14.2 Å². The van der Waals surface area contributed by atoms with E-state index in [4.69, 9.17) is 4.74 Å². The molecule has 1 atom stereocenters. The van der Waals surface area contributed by atoms with E-state index in [1.807, 2.05) is 25.3 Å². The Kier molecular flexibility index (Phi) is 5.06. The molecular weight excluding hydrogens is 359 g/mol. The fraction of sp³-hybridized carbons (Fsp3) is 0.286. The molecule has 1 amide bonds. The summed E-state index contributed by atoms with van der Waals surface area (Å²) in [6.45, 7) is 3.24. The number of pyridine rings is 1. The first-order chi connectivity index (χ1) is 13.6. The molecule has 2 aromatic heterocycles. The molecule has 1 unspecified atom stereocenters. The van der Waals surface area contributed by atoms with Crippen LogP contribution in [0.5, 0.6) is 5.75 Å². The maximum absolute atomic E-state index is 13.0. The first kappa shape index (κ1) is 18.2. The van der Waals surface area contributed by atoms with Crippen molar-refractivity contribution in [2.75, 3.05) is 19.7 Å². The minimum atomic E-state index is -0.332. The lowest BCUT2D eigenvalue weighted by Crippen LogP contribution is -2.33. The molecule has 0 radical (unpaired) electrons. The van der Waals surface area contributed by atoms with Crippen LogP contribution >= 0.6 is 0 Å². The predicted octanol–water partition coefficient (Wildman–Crippen LogP) is 3.25. The molecule has 1 aliphatic heterocycles. The molecular formula is C21H21FN4O2. The molecule has 28 heavy (non-hydrogen) atoms. The van der Waals surface area contributed by atoms with Crippen LogP contribution in [-0.4, -0.2) is 45.0 Å². The summed E-state index contributed by atoms with van der Waals surface area (Å²) < 4.78 is 20.6. The van der Waals surface area contributed by atoms with Gasteiger partial charge in [0.15, 0.2) is 6.61 Å². The van der Waals surface area contributed by atoms with Crippen molar-refractivity contribution in [3.05, 3.63) is 66.5 Å². The van der Waals surface area contributed by atoms with Gasteiger partial charge in [0.05, 0.1) is 6.04 Å². The van der Waals surface area contributed by atoms with Gasteiger partial charge in [0.1, 0.15) is 17.4 Å². The fourth-order valence-electron chi connectivity index (χ4n) is 3.56. The molecule has 7 heteroatoms. The largest absolute Gasteiger partial charge is 0.484 e. The van der Waals surface area contributed by atoms with Gasteiger partial charge in [-0.05, 0) is 49.7 Å². The zero-order valence-corrected chi connectivity index (χ0v) is 15.6. The highest BCUT2D eigenvalue weighted by Gasteiger charge is 2.30. The van der Waals surface area contributed by atoms with E-state index in [2.05, 4.69) is 14.5 Å². The van der Waals surface area contributed by atoms with Crippen molar-refractivity contribution in [3.8, 4) is 17.1 Å². The summed E-state index contributed by atoms with van der Waals surface area (Å²) in [5.74, 6) is 0.941. The summed E-state index contributed by atoms with van der Waals surface area (Å²) in [5.41, 5.74) is 2.01. The zero-order valence-electron chi connectivity index (χ0n) is 15.6. The Hall–Kier alpha value is -3.22. The first-order valence-electron chi connectivity index (χ1n) is 9.22. The van der Waals surface area contributed by atoms with Crippen LogP contribution in [0.2, 0.25) is 0 Å². The van der Waals surface area contributed by atoms with Gasteiger partial charge in [-0.15, -0.1) is 0 Å². The number of rotatable bonds is 5. The summed E-state index contributed by atoms with van der Waals surface area (Å²) in [6.07, 6.45) is 6.24. The number of hydrogen-bond acceptors (Lipinski definition) is 4. The molecule has 144 valence electrons. The van der Waals surface area contributed by atoms with E-state index in [0.717, 1.165) is 23.5 Å². The van der Waals surface area contributed by atoms with E-state index in [1.54, 1.807) is 17.3 Å². The van der Waals surface area contributed by atoms with Crippen LogP contribution in [0.25, 0.3) is 11.4 Å². The van der Waals surface area contributed by atoms with Crippen LogP contribution in [0.1, 0.15) is 18.2 Å². The summed E-state index contributed by atoms with van der Waals surface area (Å²) in [6, 6.07) is 9.70. The molecule has 6 nitrogen and oxygen atoms in total. The van der Waals surface area contributed by atoms with Gasteiger partial charge >= 0.3 is 0 Å². The molecule has 3 aromatic rings. The maximum Gasteiger partial charge on any atom is 0.260 e. The number of aromatic nitrogens is 3. The second-order valence-electron chi connectivity index (χ2n) is 6.86. The second-order valence-corrected chi connectivity index (χ2v) is 6.86. The van der Waals surface area contributed by atoms with Crippen LogP contribution in [0.15, 0.2) is 55.0 Å². The van der Waals surface area contributed by atoms with Crippen molar-refractivity contribution < 1.29 is 13.9 Å². The monoisotopic (exact) mass is 380 g/mol. The van der Waals surface area contributed by atoms with Gasteiger partial charge in [-0.1, -0.05) is 0 Å². The molecule has 0 spiro atoms. The maximum atomic E-state index is 13.0. The molecule has 1 aliphatic rings. The number of imidazole rings is 1. The Labute approximate surface area is 162 Å². The third kappa shape index (κ3) is 3.74. The van der Waals surface area contributed by atoms with Crippen molar-refractivity contribution in [2.24, 2.45) is 0 Å². The zero-order chi connectivity index (χ0) is 19.5. The summed E-state index contributed by atoms with van der Waals surface area (Å²) >= 11 is 0. The van der Waals surface area contributed by atoms with Gasteiger partial charge in [0.2, 0.25) is 0 Å².